The number of hydrogen-bond donors (Lipinski definition) is 0. The normalized spacial score (nSPS) is 26.1. The third-order valence-electron chi connectivity index (χ3n) is 3.39. The highest BCUT2D eigenvalue weighted by Gasteiger charge is 2.48. The summed E-state index contributed by atoms with van der Waals surface area (Å²) in [5.74, 6) is -0.131. The summed E-state index contributed by atoms with van der Waals surface area (Å²) in [5.41, 5.74) is -0.425. The summed E-state index contributed by atoms with van der Waals surface area (Å²) in [6.07, 6.45) is -0.133. The van der Waals surface area contributed by atoms with E-state index in [1.165, 1.54) is 0 Å². The lowest BCUT2D eigenvalue weighted by molar-refractivity contribution is -0.214. The molecule has 0 bridgehead atoms. The van der Waals surface area contributed by atoms with Crippen LogP contribution in [0.2, 0.25) is 0 Å². The molecule has 0 saturated carbocycles. The lowest BCUT2D eigenvalue weighted by atomic mass is 9.93. The van der Waals surface area contributed by atoms with Crippen molar-refractivity contribution < 1.29 is 9.53 Å². The Morgan fingerprint density at radius 1 is 1.17 bits per heavy atom. The smallest absolute Gasteiger partial charge is 0.312 e. The van der Waals surface area contributed by atoms with Gasteiger partial charge in [0.15, 0.2) is 6.23 Å². The Morgan fingerprint density at radius 2 is 1.67 bits per heavy atom. The average Bonchev–Trinajstić information content (AvgIpc) is 2.06. The number of rotatable bonds is 2. The van der Waals surface area contributed by atoms with Crippen LogP contribution in [0, 0.1) is 5.41 Å². The van der Waals surface area contributed by atoms with Gasteiger partial charge in [-0.2, -0.15) is 0 Å². The van der Waals surface area contributed by atoms with Crippen molar-refractivity contribution in [2.24, 2.45) is 5.41 Å². The molecule has 1 aliphatic heterocycles. The molecule has 1 heterocycles. The van der Waals surface area contributed by atoms with Gasteiger partial charge < -0.3 is 9.64 Å². The van der Waals surface area contributed by atoms with E-state index < -0.39 is 5.41 Å². The van der Waals surface area contributed by atoms with Gasteiger partial charge in [-0.1, -0.05) is 0 Å². The van der Waals surface area contributed by atoms with Gasteiger partial charge in [-0.25, -0.2) is 0 Å². The lowest BCUT2D eigenvalue weighted by Crippen LogP contribution is -2.71. The summed E-state index contributed by atoms with van der Waals surface area (Å²) >= 11 is 0. The van der Waals surface area contributed by atoms with E-state index in [1.807, 2.05) is 34.9 Å². The molecule has 0 radical (unpaired) electrons. The molecule has 1 rings (SSSR count). The second-order valence-corrected chi connectivity index (χ2v) is 7.40. The SMILES string of the molecule is CN(C)C1CN(C(C)(C)C)C1OC(=O)C(C)(C)C. The molecule has 0 aliphatic carbocycles. The number of likely N-dealkylation sites (N-methyl/N-ethyl adjacent to an activating group) is 1. The van der Waals surface area contributed by atoms with E-state index >= 15 is 0 Å². The Morgan fingerprint density at radius 3 is 2.00 bits per heavy atom. The second-order valence-electron chi connectivity index (χ2n) is 7.40. The molecule has 1 saturated heterocycles. The van der Waals surface area contributed by atoms with Crippen molar-refractivity contribution in [3.8, 4) is 0 Å². The molecule has 0 N–H and O–H groups in total. The van der Waals surface area contributed by atoms with Crippen molar-refractivity contribution in [1.29, 1.82) is 0 Å². The maximum absolute atomic E-state index is 12.0. The van der Waals surface area contributed by atoms with Crippen LogP contribution in [0.3, 0.4) is 0 Å². The van der Waals surface area contributed by atoms with E-state index in [4.69, 9.17) is 4.74 Å². The Bertz CT molecular complexity index is 313. The number of carbonyl (C=O) groups excluding carboxylic acids is 1. The predicted molar refractivity (Wildman–Crippen MR) is 73.3 cm³/mol. The number of nitrogens with zero attached hydrogens (tertiary/aromatic N) is 2. The van der Waals surface area contributed by atoms with Crippen LogP contribution in [-0.4, -0.2) is 54.2 Å². The third kappa shape index (κ3) is 3.23. The van der Waals surface area contributed by atoms with Gasteiger partial charge in [-0.05, 0) is 55.6 Å². The maximum atomic E-state index is 12.0. The van der Waals surface area contributed by atoms with Gasteiger partial charge in [0.1, 0.15) is 0 Å². The Kier molecular flexibility index (Phi) is 4.13. The molecule has 2 atom stereocenters. The minimum atomic E-state index is -0.448. The van der Waals surface area contributed by atoms with Crippen LogP contribution in [0.5, 0.6) is 0 Å². The lowest BCUT2D eigenvalue weighted by Gasteiger charge is -2.55. The minimum absolute atomic E-state index is 0.0232. The molecule has 1 fully saturated rings. The first-order chi connectivity index (χ1) is 7.94. The van der Waals surface area contributed by atoms with E-state index in [-0.39, 0.29) is 23.8 Å². The number of likely N-dealkylation sites (tertiary alicyclic amines) is 1. The Balaban J connectivity index is 2.77. The summed E-state index contributed by atoms with van der Waals surface area (Å²) in [6.45, 7) is 13.1. The van der Waals surface area contributed by atoms with Crippen LogP contribution in [0.25, 0.3) is 0 Å². The van der Waals surface area contributed by atoms with Gasteiger partial charge in [0.25, 0.3) is 0 Å². The molecule has 1 aliphatic rings. The van der Waals surface area contributed by atoms with Gasteiger partial charge in [0.05, 0.1) is 11.5 Å². The second kappa shape index (κ2) is 4.82. The van der Waals surface area contributed by atoms with Crippen LogP contribution in [0.15, 0.2) is 0 Å². The fraction of sp³-hybridized carbons (Fsp3) is 0.929. The quantitative estimate of drug-likeness (QED) is 0.707. The molecule has 0 aromatic carbocycles. The van der Waals surface area contributed by atoms with E-state index in [0.717, 1.165) is 6.54 Å². The van der Waals surface area contributed by atoms with Crippen LogP contribution in [0.1, 0.15) is 41.5 Å². The summed E-state index contributed by atoms with van der Waals surface area (Å²) in [6, 6.07) is 0.288. The summed E-state index contributed by atoms with van der Waals surface area (Å²) in [4.78, 5) is 16.4. The zero-order valence-electron chi connectivity index (χ0n) is 13.1. The van der Waals surface area contributed by atoms with Crippen LogP contribution in [0.4, 0.5) is 0 Å². The first-order valence-electron chi connectivity index (χ1n) is 6.59. The van der Waals surface area contributed by atoms with Crippen LogP contribution < -0.4 is 0 Å². The summed E-state index contributed by atoms with van der Waals surface area (Å²) in [5, 5.41) is 0. The number of carbonyl (C=O) groups is 1. The molecular formula is C14H28N2O2. The van der Waals surface area contributed by atoms with E-state index in [9.17, 15) is 4.79 Å². The third-order valence-corrected chi connectivity index (χ3v) is 3.39. The monoisotopic (exact) mass is 256 g/mol. The summed E-state index contributed by atoms with van der Waals surface area (Å²) < 4.78 is 5.71. The molecular weight excluding hydrogens is 228 g/mol. The Hall–Kier alpha value is -0.610. The molecule has 0 aromatic rings. The van der Waals surface area contributed by atoms with Crippen LogP contribution >= 0.6 is 0 Å². The molecule has 0 aromatic heterocycles. The number of esters is 1. The zero-order chi connectivity index (χ0) is 14.3. The molecule has 4 nitrogen and oxygen atoms in total. The fourth-order valence-electron chi connectivity index (χ4n) is 1.97. The fourth-order valence-corrected chi connectivity index (χ4v) is 1.97. The predicted octanol–water partition coefficient (Wildman–Crippen LogP) is 1.95. The van der Waals surface area contributed by atoms with Crippen molar-refractivity contribution >= 4 is 5.97 Å². The van der Waals surface area contributed by atoms with Crippen molar-refractivity contribution in [3.05, 3.63) is 0 Å². The van der Waals surface area contributed by atoms with Gasteiger partial charge in [0.2, 0.25) is 0 Å². The molecule has 4 heteroatoms. The number of hydrogen-bond acceptors (Lipinski definition) is 4. The highest BCUT2D eigenvalue weighted by Crippen LogP contribution is 2.32. The van der Waals surface area contributed by atoms with Crippen molar-refractivity contribution in [2.45, 2.75) is 59.4 Å². The van der Waals surface area contributed by atoms with Gasteiger partial charge in [-0.3, -0.25) is 9.69 Å². The highest BCUT2D eigenvalue weighted by atomic mass is 16.6. The number of ether oxygens (including phenoxy) is 1. The molecule has 2 unspecified atom stereocenters. The molecule has 106 valence electrons. The zero-order valence-corrected chi connectivity index (χ0v) is 13.1. The van der Waals surface area contributed by atoms with Crippen molar-refractivity contribution in [2.75, 3.05) is 20.6 Å². The molecule has 0 amide bonds. The maximum Gasteiger partial charge on any atom is 0.312 e. The van der Waals surface area contributed by atoms with E-state index in [1.54, 1.807) is 0 Å². The van der Waals surface area contributed by atoms with Gasteiger partial charge in [-0.15, -0.1) is 0 Å². The average molecular weight is 256 g/mol. The van der Waals surface area contributed by atoms with Crippen molar-refractivity contribution in [3.63, 3.8) is 0 Å². The first-order valence-corrected chi connectivity index (χ1v) is 6.59. The topological polar surface area (TPSA) is 32.8 Å². The summed E-state index contributed by atoms with van der Waals surface area (Å²) in [7, 11) is 4.06. The van der Waals surface area contributed by atoms with Gasteiger partial charge in [0, 0.05) is 12.1 Å². The minimum Gasteiger partial charge on any atom is -0.444 e. The Labute approximate surface area is 111 Å². The van der Waals surface area contributed by atoms with Crippen molar-refractivity contribution in [1.82, 2.24) is 9.80 Å². The standard InChI is InChI=1S/C14H28N2O2/c1-13(2,3)12(17)18-11-10(15(7)8)9-16(11)14(4,5)6/h10-11H,9H2,1-8H3. The largest absolute Gasteiger partial charge is 0.444 e. The molecule has 0 spiro atoms. The first kappa shape index (κ1) is 15.4. The van der Waals surface area contributed by atoms with Crippen LogP contribution in [-0.2, 0) is 9.53 Å². The molecule has 18 heavy (non-hydrogen) atoms. The van der Waals surface area contributed by atoms with E-state index in [2.05, 4.69) is 30.6 Å². The van der Waals surface area contributed by atoms with E-state index in [0.29, 0.717) is 0 Å². The highest BCUT2D eigenvalue weighted by molar-refractivity contribution is 5.75. The van der Waals surface area contributed by atoms with Gasteiger partial charge >= 0.3 is 5.97 Å².